The first-order valence-electron chi connectivity index (χ1n) is 9.11. The molecule has 0 bridgehead atoms. The van der Waals surface area contributed by atoms with E-state index in [2.05, 4.69) is 37.6 Å². The first-order valence-corrected chi connectivity index (χ1v) is 9.11. The largest absolute Gasteiger partial charge is 0.368 e. The van der Waals surface area contributed by atoms with Gasteiger partial charge >= 0.3 is 0 Å². The minimum atomic E-state index is 1.03. The molecule has 2 heteroatoms. The topological polar surface area (TPSA) is 15.6 Å². The number of unbranched alkanes of at least 4 members (excludes halogenated alkanes) is 9. The Morgan fingerprint density at radius 2 is 1.33 bits per heavy atom. The Kier molecular flexibility index (Phi) is 9.45. The van der Waals surface area contributed by atoms with Crippen LogP contribution >= 0.6 is 0 Å². The number of allylic oxidation sites excluding steroid dienone is 2. The molecule has 0 aliphatic carbocycles. The first-order chi connectivity index (χ1) is 10.1. The fourth-order valence-corrected chi connectivity index (χ4v) is 3.06. The molecule has 1 aliphatic heterocycles. The third kappa shape index (κ3) is 7.68. The molecule has 0 N–H and O–H groups in total. The second-order valence-electron chi connectivity index (χ2n) is 6.62. The van der Waals surface area contributed by atoms with Crippen molar-refractivity contribution in [1.82, 2.24) is 4.90 Å². The lowest BCUT2D eigenvalue weighted by Gasteiger charge is -2.29. The summed E-state index contributed by atoms with van der Waals surface area (Å²) < 4.78 is 0. The Balaban J connectivity index is 1.99. The fourth-order valence-electron chi connectivity index (χ4n) is 3.06. The number of aliphatic imine (C=N–C) groups is 1. The molecular formula is C19H36N2. The maximum atomic E-state index is 4.57. The van der Waals surface area contributed by atoms with Crippen LogP contribution in [0.3, 0.4) is 0 Å². The van der Waals surface area contributed by atoms with E-state index in [1.807, 2.05) is 0 Å². The van der Waals surface area contributed by atoms with Gasteiger partial charge in [0.2, 0.25) is 0 Å². The molecule has 0 radical (unpaired) electrons. The van der Waals surface area contributed by atoms with E-state index < -0.39 is 0 Å². The summed E-state index contributed by atoms with van der Waals surface area (Å²) in [6, 6.07) is 0. The van der Waals surface area contributed by atoms with Crippen LogP contribution in [0.1, 0.15) is 91.9 Å². The lowest BCUT2D eigenvalue weighted by Crippen LogP contribution is -2.31. The van der Waals surface area contributed by atoms with Gasteiger partial charge in [-0.1, -0.05) is 64.7 Å². The van der Waals surface area contributed by atoms with Crippen molar-refractivity contribution in [3.8, 4) is 0 Å². The highest BCUT2D eigenvalue weighted by Crippen LogP contribution is 2.18. The van der Waals surface area contributed by atoms with Crippen LogP contribution in [0.4, 0.5) is 0 Å². The van der Waals surface area contributed by atoms with Gasteiger partial charge in [-0.25, -0.2) is 0 Å². The van der Waals surface area contributed by atoms with E-state index in [1.54, 1.807) is 0 Å². The van der Waals surface area contributed by atoms with Crippen molar-refractivity contribution in [2.45, 2.75) is 91.9 Å². The Labute approximate surface area is 132 Å². The molecule has 1 rings (SSSR count). The zero-order valence-corrected chi connectivity index (χ0v) is 14.9. The van der Waals surface area contributed by atoms with E-state index >= 15 is 0 Å². The second kappa shape index (κ2) is 10.9. The Bertz CT molecular complexity index is 341. The van der Waals surface area contributed by atoms with Gasteiger partial charge in [-0.3, -0.25) is 4.99 Å². The molecule has 0 atom stereocenters. The lowest BCUT2D eigenvalue weighted by molar-refractivity contribution is 0.364. The zero-order valence-electron chi connectivity index (χ0n) is 14.9. The fraction of sp³-hybridized carbons (Fsp3) is 0.842. The molecule has 0 saturated carbocycles. The van der Waals surface area contributed by atoms with E-state index in [1.165, 1.54) is 87.9 Å². The summed E-state index contributed by atoms with van der Waals surface area (Å²) in [5, 5.41) is 0. The predicted molar refractivity (Wildman–Crippen MR) is 94.9 cm³/mol. The van der Waals surface area contributed by atoms with Crippen LogP contribution in [0.2, 0.25) is 0 Å². The van der Waals surface area contributed by atoms with Crippen molar-refractivity contribution >= 4 is 5.71 Å². The summed E-state index contributed by atoms with van der Waals surface area (Å²) in [7, 11) is 0. The van der Waals surface area contributed by atoms with Gasteiger partial charge < -0.3 is 4.90 Å². The smallest absolute Gasteiger partial charge is 0.0560 e. The molecule has 0 amide bonds. The minimum Gasteiger partial charge on any atom is -0.368 e. The Hall–Kier alpha value is -0.790. The SMILES string of the molecule is CCCCCCCCCCCCN1CC(C)=NC(C)=C1C. The maximum Gasteiger partial charge on any atom is 0.0560 e. The average Bonchev–Trinajstić information content (AvgIpc) is 2.45. The van der Waals surface area contributed by atoms with Gasteiger partial charge in [-0.2, -0.15) is 0 Å². The highest BCUT2D eigenvalue weighted by Gasteiger charge is 2.13. The molecule has 0 fully saturated rings. The summed E-state index contributed by atoms with van der Waals surface area (Å²) >= 11 is 0. The van der Waals surface area contributed by atoms with Crippen molar-refractivity contribution in [3.63, 3.8) is 0 Å². The Morgan fingerprint density at radius 1 is 0.810 bits per heavy atom. The average molecular weight is 293 g/mol. The van der Waals surface area contributed by atoms with E-state index in [0.29, 0.717) is 0 Å². The van der Waals surface area contributed by atoms with Crippen LogP contribution < -0.4 is 0 Å². The van der Waals surface area contributed by atoms with Gasteiger partial charge in [0.15, 0.2) is 0 Å². The first kappa shape index (κ1) is 18.3. The maximum absolute atomic E-state index is 4.57. The monoisotopic (exact) mass is 292 g/mol. The van der Waals surface area contributed by atoms with Gasteiger partial charge in [0.25, 0.3) is 0 Å². The normalized spacial score (nSPS) is 15.6. The van der Waals surface area contributed by atoms with Crippen LogP contribution in [0.15, 0.2) is 16.4 Å². The quantitative estimate of drug-likeness (QED) is 0.431. The molecule has 0 saturated heterocycles. The van der Waals surface area contributed by atoms with E-state index in [9.17, 15) is 0 Å². The highest BCUT2D eigenvalue weighted by molar-refractivity contribution is 5.85. The zero-order chi connectivity index (χ0) is 15.5. The molecule has 0 aromatic carbocycles. The van der Waals surface area contributed by atoms with E-state index in [0.717, 1.165) is 6.54 Å². The van der Waals surface area contributed by atoms with Crippen LogP contribution in [0.25, 0.3) is 0 Å². The van der Waals surface area contributed by atoms with Crippen LogP contribution in [-0.2, 0) is 0 Å². The lowest BCUT2D eigenvalue weighted by atomic mass is 10.1. The van der Waals surface area contributed by atoms with Crippen molar-refractivity contribution < 1.29 is 0 Å². The molecule has 0 spiro atoms. The number of rotatable bonds is 11. The number of hydrogen-bond acceptors (Lipinski definition) is 2. The summed E-state index contributed by atoms with van der Waals surface area (Å²) in [6.07, 6.45) is 14.1. The molecule has 2 nitrogen and oxygen atoms in total. The van der Waals surface area contributed by atoms with Gasteiger partial charge in [0.1, 0.15) is 0 Å². The summed E-state index contributed by atoms with van der Waals surface area (Å²) in [6.45, 7) is 11.0. The van der Waals surface area contributed by atoms with Gasteiger partial charge in [-0.05, 0) is 27.2 Å². The molecule has 0 aromatic rings. The van der Waals surface area contributed by atoms with E-state index in [4.69, 9.17) is 0 Å². The molecule has 1 heterocycles. The van der Waals surface area contributed by atoms with Crippen LogP contribution in [0, 0.1) is 0 Å². The summed E-state index contributed by atoms with van der Waals surface area (Å²) in [5.41, 5.74) is 3.83. The predicted octanol–water partition coefficient (Wildman–Crippen LogP) is 5.94. The summed E-state index contributed by atoms with van der Waals surface area (Å²) in [4.78, 5) is 7.07. The molecular weight excluding hydrogens is 256 g/mol. The number of hydrogen-bond donors (Lipinski definition) is 0. The third-order valence-corrected chi connectivity index (χ3v) is 4.56. The molecule has 21 heavy (non-hydrogen) atoms. The number of nitrogens with zero attached hydrogens (tertiary/aromatic N) is 2. The van der Waals surface area contributed by atoms with Crippen molar-refractivity contribution in [3.05, 3.63) is 11.4 Å². The van der Waals surface area contributed by atoms with Crippen LogP contribution in [0.5, 0.6) is 0 Å². The van der Waals surface area contributed by atoms with Crippen molar-refractivity contribution in [1.29, 1.82) is 0 Å². The third-order valence-electron chi connectivity index (χ3n) is 4.56. The van der Waals surface area contributed by atoms with Gasteiger partial charge in [-0.15, -0.1) is 0 Å². The molecule has 1 aliphatic rings. The molecule has 122 valence electrons. The standard InChI is InChI=1S/C19H36N2/c1-5-6-7-8-9-10-11-12-13-14-15-21-16-17(2)20-18(3)19(21)4/h5-16H2,1-4H3. The highest BCUT2D eigenvalue weighted by atomic mass is 15.2. The molecule has 0 unspecified atom stereocenters. The van der Waals surface area contributed by atoms with E-state index in [-0.39, 0.29) is 0 Å². The van der Waals surface area contributed by atoms with Crippen LogP contribution in [-0.4, -0.2) is 23.7 Å². The summed E-state index contributed by atoms with van der Waals surface area (Å²) in [5.74, 6) is 0. The second-order valence-corrected chi connectivity index (χ2v) is 6.62. The van der Waals surface area contributed by atoms with Crippen molar-refractivity contribution in [2.24, 2.45) is 4.99 Å². The molecule has 0 aromatic heterocycles. The minimum absolute atomic E-state index is 1.03. The van der Waals surface area contributed by atoms with Gasteiger partial charge in [0, 0.05) is 18.0 Å². The Morgan fingerprint density at radius 3 is 1.90 bits per heavy atom. The van der Waals surface area contributed by atoms with Gasteiger partial charge in [0.05, 0.1) is 12.2 Å². The van der Waals surface area contributed by atoms with Crippen molar-refractivity contribution in [2.75, 3.05) is 13.1 Å².